The van der Waals surface area contributed by atoms with E-state index in [2.05, 4.69) is 29.4 Å². The minimum absolute atomic E-state index is 0.0508. The zero-order valence-corrected chi connectivity index (χ0v) is 16.3. The van der Waals surface area contributed by atoms with Gasteiger partial charge >= 0.3 is 0 Å². The fourth-order valence-corrected chi connectivity index (χ4v) is 4.08. The summed E-state index contributed by atoms with van der Waals surface area (Å²) >= 11 is 6.48. The number of carbonyl (C=O) groups excluding carboxylic acids is 1. The second-order valence-electron chi connectivity index (χ2n) is 6.15. The predicted octanol–water partition coefficient (Wildman–Crippen LogP) is 3.37. The topological polar surface area (TPSA) is 51.2 Å². The second-order valence-corrected chi connectivity index (χ2v) is 7.77. The number of amides is 1. The number of thioether (sulfide) groups is 1. The first-order valence-electron chi connectivity index (χ1n) is 8.74. The molecule has 0 radical (unpaired) electrons. The van der Waals surface area contributed by atoms with Gasteiger partial charge in [0.05, 0.1) is 11.9 Å². The predicted molar refractivity (Wildman–Crippen MR) is 110 cm³/mol. The monoisotopic (exact) mass is 386 g/mol. The Hall–Kier alpha value is -1.92. The molecule has 1 aliphatic heterocycles. The molecule has 1 amide bonds. The van der Waals surface area contributed by atoms with E-state index in [4.69, 9.17) is 17.0 Å². The van der Waals surface area contributed by atoms with Crippen LogP contribution >= 0.6 is 24.0 Å². The molecule has 2 aromatic rings. The van der Waals surface area contributed by atoms with E-state index in [-0.39, 0.29) is 16.5 Å². The average molecular weight is 387 g/mol. The van der Waals surface area contributed by atoms with Gasteiger partial charge in [0.25, 0.3) is 0 Å². The lowest BCUT2D eigenvalue weighted by molar-refractivity contribution is -0.119. The van der Waals surface area contributed by atoms with Gasteiger partial charge in [-0.15, -0.1) is 11.8 Å². The highest BCUT2D eigenvalue weighted by Crippen LogP contribution is 2.26. The maximum atomic E-state index is 11.9. The number of nitrogens with zero attached hydrogens (tertiary/aromatic N) is 1. The van der Waals surface area contributed by atoms with E-state index in [9.17, 15) is 4.79 Å². The Morgan fingerprint density at radius 2 is 2.00 bits per heavy atom. The van der Waals surface area contributed by atoms with E-state index >= 15 is 0 Å². The van der Waals surface area contributed by atoms with Crippen molar-refractivity contribution >= 4 is 35.3 Å². The highest BCUT2D eigenvalue weighted by Gasteiger charge is 2.31. The standard InChI is InChI=1S/C20H22N2O2S2/c1-2-14-3-6-16(21-12-14)9-10-24-17-7-4-15(5-8-17)11-18-20(23)22-19(13-25)26-18/h3-8,12-13,18-19H,2,9-11H2,1H3,(H,22,23). The van der Waals surface area contributed by atoms with Gasteiger partial charge in [-0.3, -0.25) is 9.78 Å². The number of benzene rings is 1. The Balaban J connectivity index is 1.46. The van der Waals surface area contributed by atoms with E-state index in [0.29, 0.717) is 13.0 Å². The van der Waals surface area contributed by atoms with Gasteiger partial charge in [-0.2, -0.15) is 0 Å². The molecule has 0 aliphatic carbocycles. The number of aryl methyl sites for hydroxylation is 1. The molecule has 6 heteroatoms. The molecule has 2 atom stereocenters. The number of hydrogen-bond donors (Lipinski definition) is 1. The van der Waals surface area contributed by atoms with Crippen LogP contribution in [0.15, 0.2) is 42.6 Å². The lowest BCUT2D eigenvalue weighted by atomic mass is 10.1. The Labute approximate surface area is 163 Å². The van der Waals surface area contributed by atoms with Crippen molar-refractivity contribution in [3.05, 3.63) is 59.4 Å². The van der Waals surface area contributed by atoms with Crippen molar-refractivity contribution in [2.75, 3.05) is 6.61 Å². The largest absolute Gasteiger partial charge is 0.493 e. The van der Waals surface area contributed by atoms with E-state index in [1.54, 1.807) is 17.1 Å². The van der Waals surface area contributed by atoms with Crippen LogP contribution in [0.2, 0.25) is 0 Å². The van der Waals surface area contributed by atoms with Crippen molar-refractivity contribution < 1.29 is 9.53 Å². The van der Waals surface area contributed by atoms with Gasteiger partial charge in [-0.25, -0.2) is 0 Å². The normalized spacial score (nSPS) is 19.2. The molecule has 1 aromatic carbocycles. The van der Waals surface area contributed by atoms with E-state index in [0.717, 1.165) is 29.8 Å². The molecule has 1 aromatic heterocycles. The molecule has 1 saturated heterocycles. The molecular weight excluding hydrogens is 364 g/mol. The Morgan fingerprint density at radius 3 is 2.62 bits per heavy atom. The molecule has 0 spiro atoms. The van der Waals surface area contributed by atoms with Crippen molar-refractivity contribution in [2.24, 2.45) is 0 Å². The van der Waals surface area contributed by atoms with Crippen molar-refractivity contribution in [2.45, 2.75) is 36.8 Å². The van der Waals surface area contributed by atoms with Gasteiger partial charge in [0, 0.05) is 23.7 Å². The van der Waals surface area contributed by atoms with Gasteiger partial charge < -0.3 is 10.1 Å². The summed E-state index contributed by atoms with van der Waals surface area (Å²) in [6.07, 6.45) is 4.41. The molecule has 2 heterocycles. The van der Waals surface area contributed by atoms with Gasteiger partial charge in [0.1, 0.15) is 11.1 Å². The lowest BCUT2D eigenvalue weighted by Crippen LogP contribution is -2.28. The van der Waals surface area contributed by atoms with Gasteiger partial charge in [0.15, 0.2) is 0 Å². The molecule has 1 fully saturated rings. The van der Waals surface area contributed by atoms with Gasteiger partial charge in [-0.1, -0.05) is 37.3 Å². The number of hydrogen-bond acceptors (Lipinski definition) is 5. The van der Waals surface area contributed by atoms with Gasteiger partial charge in [-0.05, 0) is 42.2 Å². The zero-order valence-electron chi connectivity index (χ0n) is 14.7. The first-order valence-corrected chi connectivity index (χ1v) is 10.2. The minimum atomic E-state index is -0.0804. The van der Waals surface area contributed by atoms with Crippen LogP contribution in [-0.2, 0) is 24.1 Å². The van der Waals surface area contributed by atoms with Crippen molar-refractivity contribution in [3.63, 3.8) is 0 Å². The summed E-state index contributed by atoms with van der Waals surface area (Å²) in [4.78, 5) is 16.3. The Bertz CT molecular complexity index is 747. The molecule has 26 heavy (non-hydrogen) atoms. The number of rotatable bonds is 8. The maximum Gasteiger partial charge on any atom is 0.234 e. The Kier molecular flexibility index (Phi) is 6.63. The highest BCUT2D eigenvalue weighted by molar-refractivity contribution is 8.03. The molecule has 1 aliphatic rings. The maximum absolute atomic E-state index is 11.9. The minimum Gasteiger partial charge on any atom is -0.493 e. The van der Waals surface area contributed by atoms with Gasteiger partial charge in [0.2, 0.25) is 5.91 Å². The zero-order chi connectivity index (χ0) is 18.4. The van der Waals surface area contributed by atoms with E-state index in [1.165, 1.54) is 5.56 Å². The molecule has 0 saturated carbocycles. The summed E-state index contributed by atoms with van der Waals surface area (Å²) in [5.41, 5.74) is 3.40. The highest BCUT2D eigenvalue weighted by atomic mass is 32.2. The number of ether oxygens (including phenoxy) is 1. The third-order valence-electron chi connectivity index (χ3n) is 4.28. The fourth-order valence-electron chi connectivity index (χ4n) is 2.73. The van der Waals surface area contributed by atoms with Crippen LogP contribution in [0, 0.1) is 0 Å². The van der Waals surface area contributed by atoms with Crippen LogP contribution in [-0.4, -0.2) is 33.5 Å². The summed E-state index contributed by atoms with van der Waals surface area (Å²) in [5, 5.41) is 4.34. The Morgan fingerprint density at radius 1 is 1.23 bits per heavy atom. The summed E-state index contributed by atoms with van der Waals surface area (Å²) < 4.78 is 5.80. The molecular formula is C20H22N2O2S2. The average Bonchev–Trinajstić information content (AvgIpc) is 3.03. The summed E-state index contributed by atoms with van der Waals surface area (Å²) in [6, 6.07) is 12.1. The van der Waals surface area contributed by atoms with Crippen LogP contribution in [0.3, 0.4) is 0 Å². The quantitative estimate of drug-likeness (QED) is 0.705. The van der Waals surface area contributed by atoms with Crippen LogP contribution in [0.1, 0.15) is 23.7 Å². The molecule has 2 unspecified atom stereocenters. The first-order chi connectivity index (χ1) is 12.7. The third-order valence-corrected chi connectivity index (χ3v) is 5.98. The summed E-state index contributed by atoms with van der Waals surface area (Å²) in [6.45, 7) is 2.71. The molecule has 1 N–H and O–H groups in total. The third kappa shape index (κ3) is 5.05. The van der Waals surface area contributed by atoms with Crippen molar-refractivity contribution in [1.82, 2.24) is 10.3 Å². The van der Waals surface area contributed by atoms with Crippen molar-refractivity contribution in [3.8, 4) is 5.75 Å². The van der Waals surface area contributed by atoms with Crippen LogP contribution in [0.4, 0.5) is 0 Å². The fraction of sp³-hybridized carbons (Fsp3) is 0.350. The molecule has 4 nitrogen and oxygen atoms in total. The molecule has 0 bridgehead atoms. The van der Waals surface area contributed by atoms with Crippen LogP contribution in [0.25, 0.3) is 0 Å². The van der Waals surface area contributed by atoms with E-state index in [1.807, 2.05) is 30.5 Å². The number of thiocarbonyl (C=S) groups is 1. The molecule has 136 valence electrons. The lowest BCUT2D eigenvalue weighted by Gasteiger charge is -2.09. The van der Waals surface area contributed by atoms with Crippen LogP contribution in [0.5, 0.6) is 5.75 Å². The van der Waals surface area contributed by atoms with Crippen LogP contribution < -0.4 is 10.1 Å². The smallest absolute Gasteiger partial charge is 0.234 e. The SMILES string of the molecule is CCc1ccc(CCOc2ccc(CC3SC(C=S)NC3=O)cc2)nc1. The number of nitrogens with one attached hydrogen (secondary N) is 1. The summed E-state index contributed by atoms with van der Waals surface area (Å²) in [5.74, 6) is 0.891. The number of carbonyl (C=O) groups is 1. The number of pyridine rings is 1. The second kappa shape index (κ2) is 9.14. The van der Waals surface area contributed by atoms with E-state index < -0.39 is 0 Å². The van der Waals surface area contributed by atoms with Crippen molar-refractivity contribution in [1.29, 1.82) is 0 Å². The summed E-state index contributed by atoms with van der Waals surface area (Å²) in [7, 11) is 0. The molecule has 3 rings (SSSR count). The first kappa shape index (κ1) is 18.9. The number of aromatic nitrogens is 1.